The molecule has 0 saturated heterocycles. The SMILES string of the molecule is CCc1cc(NCC(=O)O)c([N+](=O)[O-])cc1Cl. The summed E-state index contributed by atoms with van der Waals surface area (Å²) >= 11 is 5.86. The maximum Gasteiger partial charge on any atom is 0.322 e. The molecule has 2 N–H and O–H groups in total. The molecule has 1 aromatic rings. The molecule has 0 unspecified atom stereocenters. The van der Waals surface area contributed by atoms with Crippen LogP contribution in [0.1, 0.15) is 12.5 Å². The van der Waals surface area contributed by atoms with Gasteiger partial charge in [0.15, 0.2) is 0 Å². The highest BCUT2D eigenvalue weighted by molar-refractivity contribution is 6.31. The fraction of sp³-hybridized carbons (Fsp3) is 0.300. The monoisotopic (exact) mass is 258 g/mol. The number of carbonyl (C=O) groups is 1. The summed E-state index contributed by atoms with van der Waals surface area (Å²) in [5, 5.41) is 22.1. The third kappa shape index (κ3) is 3.32. The Hall–Kier alpha value is -1.82. The lowest BCUT2D eigenvalue weighted by atomic mass is 10.1. The maximum absolute atomic E-state index is 10.8. The second-order valence-electron chi connectivity index (χ2n) is 3.32. The van der Waals surface area contributed by atoms with Gasteiger partial charge in [-0.05, 0) is 18.1 Å². The molecule has 17 heavy (non-hydrogen) atoms. The van der Waals surface area contributed by atoms with Crippen molar-refractivity contribution in [1.82, 2.24) is 0 Å². The highest BCUT2D eigenvalue weighted by atomic mass is 35.5. The number of nitrogens with zero attached hydrogens (tertiary/aromatic N) is 1. The van der Waals surface area contributed by atoms with E-state index in [4.69, 9.17) is 16.7 Å². The number of anilines is 1. The molecule has 0 heterocycles. The number of nitro groups is 1. The third-order valence-corrected chi connectivity index (χ3v) is 2.52. The lowest BCUT2D eigenvalue weighted by molar-refractivity contribution is -0.383. The molecule has 0 saturated carbocycles. The number of nitrogens with one attached hydrogen (secondary N) is 1. The summed E-state index contributed by atoms with van der Waals surface area (Å²) in [5.41, 5.74) is 0.664. The molecule has 1 aromatic carbocycles. The van der Waals surface area contributed by atoms with E-state index in [-0.39, 0.29) is 17.9 Å². The fourth-order valence-electron chi connectivity index (χ4n) is 1.34. The average Bonchev–Trinajstić information content (AvgIpc) is 2.26. The molecule has 0 aliphatic heterocycles. The number of benzene rings is 1. The molecule has 1 rings (SSSR count). The summed E-state index contributed by atoms with van der Waals surface area (Å²) in [4.78, 5) is 20.6. The van der Waals surface area contributed by atoms with Gasteiger partial charge in [0.25, 0.3) is 5.69 Å². The summed E-state index contributed by atoms with van der Waals surface area (Å²) in [5.74, 6) is -1.09. The molecule has 0 spiro atoms. The van der Waals surface area contributed by atoms with E-state index in [1.807, 2.05) is 6.92 Å². The predicted octanol–water partition coefficient (Wildman–Crippen LogP) is 2.31. The Bertz CT molecular complexity index is 462. The molecule has 92 valence electrons. The van der Waals surface area contributed by atoms with Crippen LogP contribution in [0.3, 0.4) is 0 Å². The Kier molecular flexibility index (Phi) is 4.28. The van der Waals surface area contributed by atoms with Gasteiger partial charge in [-0.3, -0.25) is 14.9 Å². The second-order valence-corrected chi connectivity index (χ2v) is 3.73. The second kappa shape index (κ2) is 5.49. The largest absolute Gasteiger partial charge is 0.480 e. The van der Waals surface area contributed by atoms with E-state index in [2.05, 4.69) is 5.32 Å². The maximum atomic E-state index is 10.8. The molecule has 0 aliphatic carbocycles. The minimum atomic E-state index is -1.09. The molecule has 7 heteroatoms. The molecular formula is C10H11ClN2O4. The van der Waals surface area contributed by atoms with E-state index in [0.717, 1.165) is 5.56 Å². The summed E-state index contributed by atoms with van der Waals surface area (Å²) in [7, 11) is 0. The van der Waals surface area contributed by atoms with Crippen LogP contribution in [0.2, 0.25) is 5.02 Å². The van der Waals surface area contributed by atoms with Crippen LogP contribution in [-0.2, 0) is 11.2 Å². The van der Waals surface area contributed by atoms with Crippen LogP contribution < -0.4 is 5.32 Å². The highest BCUT2D eigenvalue weighted by Gasteiger charge is 2.17. The van der Waals surface area contributed by atoms with Crippen LogP contribution in [0.5, 0.6) is 0 Å². The molecule has 0 radical (unpaired) electrons. The summed E-state index contributed by atoms with van der Waals surface area (Å²) in [6.45, 7) is 1.47. The van der Waals surface area contributed by atoms with Crippen molar-refractivity contribution in [3.8, 4) is 0 Å². The van der Waals surface area contributed by atoms with Gasteiger partial charge in [0.05, 0.1) is 9.95 Å². The van der Waals surface area contributed by atoms with Crippen molar-refractivity contribution in [3.63, 3.8) is 0 Å². The van der Waals surface area contributed by atoms with Crippen molar-refractivity contribution in [2.45, 2.75) is 13.3 Å². The van der Waals surface area contributed by atoms with Crippen molar-refractivity contribution in [1.29, 1.82) is 0 Å². The van der Waals surface area contributed by atoms with Crippen molar-refractivity contribution in [2.75, 3.05) is 11.9 Å². The van der Waals surface area contributed by atoms with Crippen LogP contribution in [-0.4, -0.2) is 22.5 Å². The van der Waals surface area contributed by atoms with E-state index in [9.17, 15) is 14.9 Å². The Morgan fingerprint density at radius 3 is 2.71 bits per heavy atom. The minimum Gasteiger partial charge on any atom is -0.480 e. The van der Waals surface area contributed by atoms with Gasteiger partial charge in [-0.25, -0.2) is 0 Å². The summed E-state index contributed by atoms with van der Waals surface area (Å²) < 4.78 is 0. The summed E-state index contributed by atoms with van der Waals surface area (Å²) in [6.07, 6.45) is 0.610. The zero-order chi connectivity index (χ0) is 13.0. The number of nitro benzene ring substituents is 1. The average molecular weight is 259 g/mol. The first-order valence-electron chi connectivity index (χ1n) is 4.88. The number of aliphatic carboxylic acids is 1. The number of carboxylic acid groups (broad SMARTS) is 1. The van der Waals surface area contributed by atoms with Gasteiger partial charge in [-0.15, -0.1) is 0 Å². The van der Waals surface area contributed by atoms with Gasteiger partial charge in [-0.1, -0.05) is 18.5 Å². The number of hydrogen-bond acceptors (Lipinski definition) is 4. The van der Waals surface area contributed by atoms with E-state index >= 15 is 0 Å². The molecule has 0 amide bonds. The van der Waals surface area contributed by atoms with Crippen LogP contribution in [0.25, 0.3) is 0 Å². The fourth-order valence-corrected chi connectivity index (χ4v) is 1.63. The molecule has 0 aliphatic rings. The first kappa shape index (κ1) is 13.2. The number of rotatable bonds is 5. The first-order chi connectivity index (χ1) is 7.95. The van der Waals surface area contributed by atoms with Crippen LogP contribution in [0, 0.1) is 10.1 Å². The smallest absolute Gasteiger partial charge is 0.322 e. The van der Waals surface area contributed by atoms with E-state index in [1.165, 1.54) is 12.1 Å². The molecule has 0 bridgehead atoms. The standard InChI is InChI=1S/C10H11ClN2O4/c1-2-6-3-8(12-5-10(14)15)9(13(16)17)4-7(6)11/h3-4,12H,2,5H2,1H3,(H,14,15). The Labute approximate surface area is 102 Å². The van der Waals surface area contributed by atoms with Crippen molar-refractivity contribution in [3.05, 3.63) is 32.8 Å². The van der Waals surface area contributed by atoms with E-state index < -0.39 is 10.9 Å². The normalized spacial score (nSPS) is 10.0. The topological polar surface area (TPSA) is 92.5 Å². The molecule has 0 fully saturated rings. The Morgan fingerprint density at radius 1 is 1.59 bits per heavy atom. The molecular weight excluding hydrogens is 248 g/mol. The molecule has 0 aromatic heterocycles. The predicted molar refractivity (Wildman–Crippen MR) is 63.6 cm³/mol. The number of hydrogen-bond donors (Lipinski definition) is 2. The van der Waals surface area contributed by atoms with Gasteiger partial charge in [0.1, 0.15) is 12.2 Å². The minimum absolute atomic E-state index is 0.165. The van der Waals surface area contributed by atoms with Gasteiger partial charge >= 0.3 is 5.97 Å². The lowest BCUT2D eigenvalue weighted by Gasteiger charge is -2.08. The van der Waals surface area contributed by atoms with Gasteiger partial charge in [0, 0.05) is 6.07 Å². The van der Waals surface area contributed by atoms with Gasteiger partial charge in [0.2, 0.25) is 0 Å². The van der Waals surface area contributed by atoms with Crippen molar-refractivity contribution >= 4 is 28.9 Å². The van der Waals surface area contributed by atoms with Crippen LogP contribution >= 0.6 is 11.6 Å². The van der Waals surface area contributed by atoms with Gasteiger partial charge < -0.3 is 10.4 Å². The Morgan fingerprint density at radius 2 is 2.24 bits per heavy atom. The van der Waals surface area contributed by atoms with Crippen molar-refractivity contribution in [2.24, 2.45) is 0 Å². The third-order valence-electron chi connectivity index (χ3n) is 2.17. The van der Waals surface area contributed by atoms with Gasteiger partial charge in [-0.2, -0.15) is 0 Å². The van der Waals surface area contributed by atoms with E-state index in [0.29, 0.717) is 11.4 Å². The van der Waals surface area contributed by atoms with Crippen LogP contribution in [0.4, 0.5) is 11.4 Å². The zero-order valence-corrected chi connectivity index (χ0v) is 9.82. The number of halogens is 1. The lowest BCUT2D eigenvalue weighted by Crippen LogP contribution is -2.13. The molecule has 0 atom stereocenters. The van der Waals surface area contributed by atoms with Crippen molar-refractivity contribution < 1.29 is 14.8 Å². The van der Waals surface area contributed by atoms with Crippen LogP contribution in [0.15, 0.2) is 12.1 Å². The quantitative estimate of drug-likeness (QED) is 0.624. The zero-order valence-electron chi connectivity index (χ0n) is 9.07. The molecule has 6 nitrogen and oxygen atoms in total. The number of aryl methyl sites for hydroxylation is 1. The summed E-state index contributed by atoms with van der Waals surface area (Å²) in [6, 6.07) is 2.73. The first-order valence-corrected chi connectivity index (χ1v) is 5.26. The van der Waals surface area contributed by atoms with E-state index in [1.54, 1.807) is 0 Å². The highest BCUT2D eigenvalue weighted by Crippen LogP contribution is 2.31. The Balaban J connectivity index is 3.14. The number of carboxylic acids is 1.